The summed E-state index contributed by atoms with van der Waals surface area (Å²) < 4.78 is 0. The summed E-state index contributed by atoms with van der Waals surface area (Å²) in [5.74, 6) is 0.834. The van der Waals surface area contributed by atoms with Gasteiger partial charge in [0.05, 0.1) is 0 Å². The molecule has 1 aromatic rings. The normalized spacial score (nSPS) is 25.6. The zero-order valence-corrected chi connectivity index (χ0v) is 9.71. The van der Waals surface area contributed by atoms with Gasteiger partial charge in [0, 0.05) is 11.7 Å². The van der Waals surface area contributed by atoms with Gasteiger partial charge in [-0.25, -0.2) is 0 Å². The smallest absolute Gasteiger partial charge is 0.0352 e. The van der Waals surface area contributed by atoms with E-state index in [0.29, 0.717) is 6.04 Å². The first-order valence-corrected chi connectivity index (χ1v) is 6.46. The lowest BCUT2D eigenvalue weighted by Crippen LogP contribution is -2.34. The predicted molar refractivity (Wildman–Crippen MR) is 67.3 cm³/mol. The monoisotopic (exact) mass is 216 g/mol. The van der Waals surface area contributed by atoms with E-state index in [4.69, 9.17) is 5.73 Å². The molecule has 0 radical (unpaired) electrons. The van der Waals surface area contributed by atoms with Crippen molar-refractivity contribution in [2.24, 2.45) is 5.92 Å². The molecule has 0 spiro atoms. The molecule has 1 atom stereocenters. The maximum atomic E-state index is 5.91. The molecule has 86 valence electrons. The van der Waals surface area contributed by atoms with E-state index in [9.17, 15) is 0 Å². The zero-order chi connectivity index (χ0) is 11.0. The van der Waals surface area contributed by atoms with Crippen LogP contribution in [0.5, 0.6) is 0 Å². The fourth-order valence-electron chi connectivity index (χ4n) is 3.31. The minimum atomic E-state index is 0.565. The minimum Gasteiger partial charge on any atom is -0.399 e. The van der Waals surface area contributed by atoms with E-state index >= 15 is 0 Å². The number of fused-ring (bicyclic) bond motifs is 1. The molecule has 0 saturated heterocycles. The third-order valence-corrected chi connectivity index (χ3v) is 4.13. The van der Waals surface area contributed by atoms with Crippen LogP contribution >= 0.6 is 0 Å². The van der Waals surface area contributed by atoms with Gasteiger partial charge in [-0.05, 0) is 55.0 Å². The number of anilines is 1. The summed E-state index contributed by atoms with van der Waals surface area (Å²) >= 11 is 0. The van der Waals surface area contributed by atoms with Crippen molar-refractivity contribution >= 4 is 5.69 Å². The van der Waals surface area contributed by atoms with Crippen LogP contribution in [0, 0.1) is 5.92 Å². The lowest BCUT2D eigenvalue weighted by Gasteiger charge is -2.31. The highest BCUT2D eigenvalue weighted by atomic mass is 14.9. The van der Waals surface area contributed by atoms with Crippen LogP contribution in [0.4, 0.5) is 5.69 Å². The van der Waals surface area contributed by atoms with Gasteiger partial charge in [-0.2, -0.15) is 0 Å². The number of hydrogen-bond acceptors (Lipinski definition) is 2. The highest BCUT2D eigenvalue weighted by molar-refractivity contribution is 5.47. The summed E-state index contributed by atoms with van der Waals surface area (Å²) in [5.41, 5.74) is 9.80. The van der Waals surface area contributed by atoms with Crippen molar-refractivity contribution in [2.45, 2.75) is 38.1 Å². The van der Waals surface area contributed by atoms with Crippen molar-refractivity contribution in [3.05, 3.63) is 29.3 Å². The molecule has 0 unspecified atom stereocenters. The van der Waals surface area contributed by atoms with Gasteiger partial charge in [0.15, 0.2) is 0 Å². The van der Waals surface area contributed by atoms with Crippen molar-refractivity contribution in [3.8, 4) is 0 Å². The van der Waals surface area contributed by atoms with Crippen molar-refractivity contribution in [1.82, 2.24) is 5.32 Å². The van der Waals surface area contributed by atoms with Crippen LogP contribution in [0.3, 0.4) is 0 Å². The second kappa shape index (κ2) is 4.10. The molecule has 3 N–H and O–H groups in total. The Labute approximate surface area is 97.2 Å². The zero-order valence-electron chi connectivity index (χ0n) is 9.71. The molecule has 0 bridgehead atoms. The standard InChI is InChI=1S/C14H20N2/c15-12-6-5-10-7-8-16-14(13(10)9-12)11-3-1-2-4-11/h5-6,9,11,14,16H,1-4,7-8,15H2/t14-/m1/s1. The average Bonchev–Trinajstić information content (AvgIpc) is 2.81. The van der Waals surface area contributed by atoms with E-state index < -0.39 is 0 Å². The van der Waals surface area contributed by atoms with Crippen LogP contribution in [-0.4, -0.2) is 6.54 Å². The second-order valence-electron chi connectivity index (χ2n) is 5.18. The molecule has 3 rings (SSSR count). The number of benzene rings is 1. The molecule has 0 aromatic heterocycles. The summed E-state index contributed by atoms with van der Waals surface area (Å²) in [5, 5.41) is 3.69. The Morgan fingerprint density at radius 3 is 2.81 bits per heavy atom. The average molecular weight is 216 g/mol. The largest absolute Gasteiger partial charge is 0.399 e. The summed E-state index contributed by atoms with van der Waals surface area (Å²) in [6.45, 7) is 1.12. The van der Waals surface area contributed by atoms with Gasteiger partial charge >= 0.3 is 0 Å². The fraction of sp³-hybridized carbons (Fsp3) is 0.571. The van der Waals surface area contributed by atoms with Crippen molar-refractivity contribution in [2.75, 3.05) is 12.3 Å². The maximum absolute atomic E-state index is 5.91. The van der Waals surface area contributed by atoms with Crippen LogP contribution in [-0.2, 0) is 6.42 Å². The fourth-order valence-corrected chi connectivity index (χ4v) is 3.31. The van der Waals surface area contributed by atoms with Gasteiger partial charge in [-0.3, -0.25) is 0 Å². The van der Waals surface area contributed by atoms with Crippen molar-refractivity contribution in [1.29, 1.82) is 0 Å². The lowest BCUT2D eigenvalue weighted by molar-refractivity contribution is 0.354. The first-order chi connectivity index (χ1) is 7.84. The summed E-state index contributed by atoms with van der Waals surface area (Å²) in [6.07, 6.45) is 6.72. The van der Waals surface area contributed by atoms with Crippen LogP contribution < -0.4 is 11.1 Å². The molecular formula is C14H20N2. The quantitative estimate of drug-likeness (QED) is 0.708. The number of nitrogens with one attached hydrogen (secondary N) is 1. The van der Waals surface area contributed by atoms with E-state index in [0.717, 1.165) is 24.6 Å². The molecular weight excluding hydrogens is 196 g/mol. The Balaban J connectivity index is 1.94. The second-order valence-corrected chi connectivity index (χ2v) is 5.18. The highest BCUT2D eigenvalue weighted by Crippen LogP contribution is 2.38. The number of rotatable bonds is 1. The van der Waals surface area contributed by atoms with Crippen LogP contribution in [0.15, 0.2) is 18.2 Å². The molecule has 1 fully saturated rings. The van der Waals surface area contributed by atoms with Crippen molar-refractivity contribution in [3.63, 3.8) is 0 Å². The number of nitrogen functional groups attached to an aromatic ring is 1. The third-order valence-electron chi connectivity index (χ3n) is 4.13. The molecule has 2 heteroatoms. The van der Waals surface area contributed by atoms with Gasteiger partial charge < -0.3 is 11.1 Å². The Morgan fingerprint density at radius 1 is 1.19 bits per heavy atom. The third kappa shape index (κ3) is 1.71. The molecule has 1 heterocycles. The molecule has 1 saturated carbocycles. The Morgan fingerprint density at radius 2 is 2.00 bits per heavy atom. The van der Waals surface area contributed by atoms with E-state index in [2.05, 4.69) is 17.4 Å². The van der Waals surface area contributed by atoms with Gasteiger partial charge in [0.25, 0.3) is 0 Å². The predicted octanol–water partition coefficient (Wildman–Crippen LogP) is 2.65. The Kier molecular flexibility index (Phi) is 2.60. The minimum absolute atomic E-state index is 0.565. The van der Waals surface area contributed by atoms with Crippen LogP contribution in [0.1, 0.15) is 42.9 Å². The molecule has 1 aliphatic carbocycles. The number of nitrogens with two attached hydrogens (primary N) is 1. The molecule has 16 heavy (non-hydrogen) atoms. The summed E-state index contributed by atoms with van der Waals surface area (Å²) in [7, 11) is 0. The van der Waals surface area contributed by atoms with Crippen LogP contribution in [0.2, 0.25) is 0 Å². The molecule has 0 amide bonds. The topological polar surface area (TPSA) is 38.0 Å². The highest BCUT2D eigenvalue weighted by Gasteiger charge is 2.29. The van der Waals surface area contributed by atoms with Crippen molar-refractivity contribution < 1.29 is 0 Å². The Bertz CT molecular complexity index is 380. The van der Waals surface area contributed by atoms with E-state index in [-0.39, 0.29) is 0 Å². The van der Waals surface area contributed by atoms with Gasteiger partial charge in [-0.15, -0.1) is 0 Å². The van der Waals surface area contributed by atoms with Gasteiger partial charge in [0.2, 0.25) is 0 Å². The summed E-state index contributed by atoms with van der Waals surface area (Å²) in [6, 6.07) is 7.00. The van der Waals surface area contributed by atoms with Gasteiger partial charge in [-0.1, -0.05) is 18.9 Å². The summed E-state index contributed by atoms with van der Waals surface area (Å²) in [4.78, 5) is 0. The first-order valence-electron chi connectivity index (χ1n) is 6.46. The Hall–Kier alpha value is -1.02. The van der Waals surface area contributed by atoms with E-state index in [1.807, 2.05) is 6.07 Å². The molecule has 1 aliphatic heterocycles. The molecule has 2 aliphatic rings. The van der Waals surface area contributed by atoms with Crippen LogP contribution in [0.25, 0.3) is 0 Å². The number of hydrogen-bond donors (Lipinski definition) is 2. The molecule has 1 aromatic carbocycles. The van der Waals surface area contributed by atoms with E-state index in [1.165, 1.54) is 36.8 Å². The molecule has 2 nitrogen and oxygen atoms in total. The lowest BCUT2D eigenvalue weighted by atomic mass is 9.85. The van der Waals surface area contributed by atoms with E-state index in [1.54, 1.807) is 0 Å². The van der Waals surface area contributed by atoms with Gasteiger partial charge in [0.1, 0.15) is 0 Å². The first kappa shape index (κ1) is 10.2. The SMILES string of the molecule is Nc1ccc2c(c1)[C@@H](C1CCCC1)NCC2. The maximum Gasteiger partial charge on any atom is 0.0352 e.